The number of allylic oxidation sites excluding steroid dienone is 1. The smallest absolute Gasteiger partial charge is 0.226 e. The predicted molar refractivity (Wildman–Crippen MR) is 84.4 cm³/mol. The van der Waals surface area contributed by atoms with Crippen molar-refractivity contribution >= 4 is 12.2 Å². The van der Waals surface area contributed by atoms with E-state index in [9.17, 15) is 9.59 Å². The van der Waals surface area contributed by atoms with Gasteiger partial charge in [0.05, 0.1) is 6.04 Å². The van der Waals surface area contributed by atoms with Crippen LogP contribution < -0.4 is 5.32 Å². The monoisotopic (exact) mass is 281 g/mol. The van der Waals surface area contributed by atoms with Gasteiger partial charge in [-0.15, -0.1) is 0 Å². The Hall–Kier alpha value is -1.12. The van der Waals surface area contributed by atoms with Crippen molar-refractivity contribution in [3.63, 3.8) is 0 Å². The lowest BCUT2D eigenvalue weighted by atomic mass is 9.83. The Labute approximate surface area is 124 Å². The van der Waals surface area contributed by atoms with E-state index >= 15 is 0 Å². The number of hydrogen-bond acceptors (Lipinski definition) is 2. The fourth-order valence-corrected chi connectivity index (χ4v) is 2.28. The van der Waals surface area contributed by atoms with E-state index in [2.05, 4.69) is 39.6 Å². The van der Waals surface area contributed by atoms with Crippen LogP contribution in [-0.4, -0.2) is 18.2 Å². The molecule has 0 heterocycles. The molecule has 0 aliphatic carbocycles. The van der Waals surface area contributed by atoms with Crippen LogP contribution in [-0.2, 0) is 9.59 Å². The molecule has 1 atom stereocenters. The Balaban J connectivity index is 4.46. The SMILES string of the molecule is C=C(CCC(C=O)NC(=O)C(C)(C)CC(C)C)C(C)C. The number of carbonyl (C=O) groups excluding carboxylic acids is 2. The summed E-state index contributed by atoms with van der Waals surface area (Å²) in [6, 6.07) is -0.413. The first-order valence-corrected chi connectivity index (χ1v) is 7.54. The van der Waals surface area contributed by atoms with Gasteiger partial charge >= 0.3 is 0 Å². The molecule has 0 aliphatic rings. The second kappa shape index (κ2) is 8.23. The summed E-state index contributed by atoms with van der Waals surface area (Å²) in [6.45, 7) is 16.2. The maximum absolute atomic E-state index is 12.3. The maximum Gasteiger partial charge on any atom is 0.226 e. The molecule has 0 spiro atoms. The third-order valence-electron chi connectivity index (χ3n) is 3.61. The second-order valence-corrected chi connectivity index (χ2v) is 7.05. The van der Waals surface area contributed by atoms with Gasteiger partial charge in [-0.25, -0.2) is 0 Å². The molecule has 0 aromatic heterocycles. The molecule has 0 rings (SSSR count). The maximum atomic E-state index is 12.3. The van der Waals surface area contributed by atoms with Crippen molar-refractivity contribution in [2.24, 2.45) is 17.3 Å². The first kappa shape index (κ1) is 18.9. The van der Waals surface area contributed by atoms with Gasteiger partial charge < -0.3 is 10.1 Å². The summed E-state index contributed by atoms with van der Waals surface area (Å²) in [7, 11) is 0. The van der Waals surface area contributed by atoms with Crippen LogP contribution in [0, 0.1) is 17.3 Å². The van der Waals surface area contributed by atoms with E-state index in [-0.39, 0.29) is 5.91 Å². The zero-order valence-corrected chi connectivity index (χ0v) is 14.0. The van der Waals surface area contributed by atoms with Crippen LogP contribution in [0.4, 0.5) is 0 Å². The van der Waals surface area contributed by atoms with Gasteiger partial charge in [-0.2, -0.15) is 0 Å². The van der Waals surface area contributed by atoms with Crippen LogP contribution in [0.15, 0.2) is 12.2 Å². The summed E-state index contributed by atoms with van der Waals surface area (Å²) in [6.07, 6.45) is 3.04. The van der Waals surface area contributed by atoms with Gasteiger partial charge in [0, 0.05) is 5.41 Å². The van der Waals surface area contributed by atoms with Crippen molar-refractivity contribution in [2.45, 2.75) is 66.8 Å². The van der Waals surface area contributed by atoms with E-state index in [4.69, 9.17) is 0 Å². The van der Waals surface area contributed by atoms with Gasteiger partial charge in [0.1, 0.15) is 6.29 Å². The van der Waals surface area contributed by atoms with Crippen molar-refractivity contribution in [1.82, 2.24) is 5.32 Å². The van der Waals surface area contributed by atoms with E-state index in [0.717, 1.165) is 24.7 Å². The minimum Gasteiger partial charge on any atom is -0.346 e. The van der Waals surface area contributed by atoms with Crippen LogP contribution in [0.1, 0.15) is 60.8 Å². The molecule has 3 nitrogen and oxygen atoms in total. The standard InChI is InChI=1S/C17H31NO2/c1-12(2)10-17(6,7)16(20)18-15(11-19)9-8-14(5)13(3)4/h11-13,15H,5,8-10H2,1-4,6-7H3,(H,18,20). The number of carbonyl (C=O) groups is 2. The Morgan fingerprint density at radius 3 is 2.20 bits per heavy atom. The van der Waals surface area contributed by atoms with Crippen LogP contribution in [0.2, 0.25) is 0 Å². The number of amides is 1. The molecular formula is C17H31NO2. The fourth-order valence-electron chi connectivity index (χ4n) is 2.28. The highest BCUT2D eigenvalue weighted by atomic mass is 16.2. The van der Waals surface area contributed by atoms with Crippen molar-refractivity contribution in [1.29, 1.82) is 0 Å². The summed E-state index contributed by atoms with van der Waals surface area (Å²) < 4.78 is 0. The summed E-state index contributed by atoms with van der Waals surface area (Å²) in [5.41, 5.74) is 0.678. The highest BCUT2D eigenvalue weighted by molar-refractivity contribution is 5.84. The van der Waals surface area contributed by atoms with Gasteiger partial charge in [0.15, 0.2) is 0 Å². The molecular weight excluding hydrogens is 250 g/mol. The molecule has 20 heavy (non-hydrogen) atoms. The van der Waals surface area contributed by atoms with E-state index in [1.54, 1.807) is 0 Å². The first-order valence-electron chi connectivity index (χ1n) is 7.54. The van der Waals surface area contributed by atoms with Crippen molar-refractivity contribution in [2.75, 3.05) is 0 Å². The Bertz CT molecular complexity index is 343. The van der Waals surface area contributed by atoms with Crippen LogP contribution in [0.3, 0.4) is 0 Å². The molecule has 1 N–H and O–H groups in total. The summed E-state index contributed by atoms with van der Waals surface area (Å²) in [4.78, 5) is 23.4. The average Bonchev–Trinajstić information content (AvgIpc) is 2.31. The van der Waals surface area contributed by atoms with Crippen molar-refractivity contribution in [3.05, 3.63) is 12.2 Å². The molecule has 3 heteroatoms. The third-order valence-corrected chi connectivity index (χ3v) is 3.61. The summed E-state index contributed by atoms with van der Waals surface area (Å²) >= 11 is 0. The lowest BCUT2D eigenvalue weighted by Gasteiger charge is -2.27. The number of nitrogens with one attached hydrogen (secondary N) is 1. The van der Waals surface area contributed by atoms with E-state index in [1.165, 1.54) is 0 Å². The molecule has 116 valence electrons. The molecule has 0 bridgehead atoms. The van der Waals surface area contributed by atoms with Gasteiger partial charge in [0.25, 0.3) is 0 Å². The fraction of sp³-hybridized carbons (Fsp3) is 0.765. The Kier molecular flexibility index (Phi) is 7.77. The molecule has 0 aliphatic heterocycles. The first-order chi connectivity index (χ1) is 9.10. The zero-order chi connectivity index (χ0) is 15.9. The van der Waals surface area contributed by atoms with Crippen LogP contribution in [0.25, 0.3) is 0 Å². The molecule has 0 aromatic rings. The van der Waals surface area contributed by atoms with Crippen molar-refractivity contribution < 1.29 is 9.59 Å². The lowest BCUT2D eigenvalue weighted by Crippen LogP contribution is -2.44. The third kappa shape index (κ3) is 6.88. The zero-order valence-electron chi connectivity index (χ0n) is 14.0. The summed E-state index contributed by atoms with van der Waals surface area (Å²) in [5, 5.41) is 2.86. The number of rotatable bonds is 9. The van der Waals surface area contributed by atoms with Crippen molar-refractivity contribution in [3.8, 4) is 0 Å². The van der Waals surface area contributed by atoms with E-state index in [1.807, 2.05) is 13.8 Å². The summed E-state index contributed by atoms with van der Waals surface area (Å²) in [5.74, 6) is 0.819. The van der Waals surface area contributed by atoms with Crippen LogP contribution >= 0.6 is 0 Å². The molecule has 0 radical (unpaired) electrons. The van der Waals surface area contributed by atoms with Gasteiger partial charge in [-0.3, -0.25) is 4.79 Å². The Morgan fingerprint density at radius 2 is 1.80 bits per heavy atom. The minimum absolute atomic E-state index is 0.0431. The topological polar surface area (TPSA) is 46.2 Å². The molecule has 0 saturated carbocycles. The van der Waals surface area contributed by atoms with Gasteiger partial charge in [-0.1, -0.05) is 53.7 Å². The molecule has 0 saturated heterocycles. The normalized spacial score (nSPS) is 13.4. The molecule has 1 amide bonds. The van der Waals surface area contributed by atoms with Gasteiger partial charge in [0.2, 0.25) is 5.91 Å². The highest BCUT2D eigenvalue weighted by Crippen LogP contribution is 2.25. The largest absolute Gasteiger partial charge is 0.346 e. The highest BCUT2D eigenvalue weighted by Gasteiger charge is 2.29. The predicted octanol–water partition coefficient (Wildman–Crippen LogP) is 3.73. The number of aldehydes is 1. The van der Waals surface area contributed by atoms with Crippen LogP contribution in [0.5, 0.6) is 0 Å². The van der Waals surface area contributed by atoms with E-state index < -0.39 is 11.5 Å². The quantitative estimate of drug-likeness (QED) is 0.517. The van der Waals surface area contributed by atoms with E-state index in [0.29, 0.717) is 18.3 Å². The lowest BCUT2D eigenvalue weighted by molar-refractivity contribution is -0.132. The molecule has 1 unspecified atom stereocenters. The second-order valence-electron chi connectivity index (χ2n) is 7.05. The van der Waals surface area contributed by atoms with Gasteiger partial charge in [-0.05, 0) is 31.1 Å². The molecule has 0 fully saturated rings. The number of hydrogen-bond donors (Lipinski definition) is 1. The average molecular weight is 281 g/mol. The molecule has 0 aromatic carbocycles. The minimum atomic E-state index is -0.440. The Morgan fingerprint density at radius 1 is 1.25 bits per heavy atom.